The van der Waals surface area contributed by atoms with Gasteiger partial charge in [0, 0.05) is 18.5 Å². The van der Waals surface area contributed by atoms with Crippen LogP contribution in [0.15, 0.2) is 10.9 Å². The molecule has 0 aliphatic heterocycles. The van der Waals surface area contributed by atoms with Gasteiger partial charge in [0.1, 0.15) is 11.0 Å². The zero-order valence-corrected chi connectivity index (χ0v) is 11.0. The molecular weight excluding hydrogens is 236 g/mol. The second-order valence-corrected chi connectivity index (χ2v) is 5.15. The molecule has 1 aliphatic rings. The molecule has 3 nitrogen and oxygen atoms in total. The third kappa shape index (κ3) is 3.32. The summed E-state index contributed by atoms with van der Waals surface area (Å²) in [6, 6.07) is 1.42. The van der Waals surface area contributed by atoms with Gasteiger partial charge in [-0.25, -0.2) is 4.98 Å². The van der Waals surface area contributed by atoms with Crippen LogP contribution in [0.2, 0.25) is 5.15 Å². The summed E-state index contributed by atoms with van der Waals surface area (Å²) >= 11 is 5.85. The van der Waals surface area contributed by atoms with Gasteiger partial charge in [0.05, 0.1) is 0 Å². The monoisotopic (exact) mass is 254 g/mol. The first-order valence-electron chi connectivity index (χ1n) is 6.49. The van der Waals surface area contributed by atoms with Crippen LogP contribution in [0.1, 0.15) is 57.2 Å². The molecule has 0 atom stereocenters. The number of halogens is 1. The lowest BCUT2D eigenvalue weighted by Crippen LogP contribution is -2.24. The summed E-state index contributed by atoms with van der Waals surface area (Å²) in [5.74, 6) is 1.37. The molecule has 0 spiro atoms. The Bertz CT molecular complexity index is 438. The summed E-state index contributed by atoms with van der Waals surface area (Å²) in [6.45, 7) is 2.97. The van der Waals surface area contributed by atoms with Gasteiger partial charge in [-0.05, 0) is 19.3 Å². The van der Waals surface area contributed by atoms with Gasteiger partial charge < -0.3 is 0 Å². The third-order valence-electron chi connectivity index (χ3n) is 3.18. The van der Waals surface area contributed by atoms with Gasteiger partial charge in [-0.3, -0.25) is 9.36 Å². The van der Waals surface area contributed by atoms with Crippen molar-refractivity contribution in [2.75, 3.05) is 0 Å². The van der Waals surface area contributed by atoms with Crippen molar-refractivity contribution >= 4 is 11.6 Å². The van der Waals surface area contributed by atoms with Crippen LogP contribution in [0, 0.1) is 0 Å². The minimum absolute atomic E-state index is 0.00315. The number of rotatable bonds is 6. The fourth-order valence-electron chi connectivity index (χ4n) is 2.07. The van der Waals surface area contributed by atoms with E-state index in [1.165, 1.54) is 25.3 Å². The van der Waals surface area contributed by atoms with Crippen molar-refractivity contribution in [1.29, 1.82) is 0 Å². The van der Waals surface area contributed by atoms with Crippen molar-refractivity contribution in [2.24, 2.45) is 0 Å². The highest BCUT2D eigenvalue weighted by atomic mass is 35.5. The first-order valence-corrected chi connectivity index (χ1v) is 6.87. The Labute approximate surface area is 107 Å². The Morgan fingerprint density at radius 3 is 2.82 bits per heavy atom. The summed E-state index contributed by atoms with van der Waals surface area (Å²) in [6.07, 6.45) is 6.95. The van der Waals surface area contributed by atoms with Gasteiger partial charge in [-0.2, -0.15) is 0 Å². The van der Waals surface area contributed by atoms with Gasteiger partial charge in [0.25, 0.3) is 5.56 Å². The first kappa shape index (κ1) is 12.6. The van der Waals surface area contributed by atoms with E-state index in [2.05, 4.69) is 11.9 Å². The number of aromatic nitrogens is 2. The van der Waals surface area contributed by atoms with Gasteiger partial charge in [-0.15, -0.1) is 0 Å². The highest BCUT2D eigenvalue weighted by Gasteiger charge is 2.28. The molecule has 4 heteroatoms. The number of hydrogen-bond donors (Lipinski definition) is 0. The molecule has 1 aromatic rings. The van der Waals surface area contributed by atoms with Gasteiger partial charge >= 0.3 is 0 Å². The second-order valence-electron chi connectivity index (χ2n) is 4.76. The molecule has 1 saturated carbocycles. The van der Waals surface area contributed by atoms with E-state index in [-0.39, 0.29) is 5.56 Å². The lowest BCUT2D eigenvalue weighted by molar-refractivity contribution is 0.542. The van der Waals surface area contributed by atoms with E-state index in [1.807, 2.05) is 4.57 Å². The molecule has 1 heterocycles. The number of hydrogen-bond acceptors (Lipinski definition) is 2. The minimum Gasteiger partial charge on any atom is -0.296 e. The summed E-state index contributed by atoms with van der Waals surface area (Å²) in [5.41, 5.74) is 0.00315. The van der Waals surface area contributed by atoms with Crippen LogP contribution < -0.4 is 5.56 Å². The van der Waals surface area contributed by atoms with Gasteiger partial charge in [-0.1, -0.05) is 37.8 Å². The predicted molar refractivity (Wildman–Crippen MR) is 69.6 cm³/mol. The van der Waals surface area contributed by atoms with Crippen molar-refractivity contribution in [2.45, 2.75) is 57.9 Å². The zero-order valence-electron chi connectivity index (χ0n) is 10.3. The molecule has 1 aromatic heterocycles. The maximum atomic E-state index is 11.9. The molecule has 0 saturated heterocycles. The van der Waals surface area contributed by atoms with Crippen molar-refractivity contribution in [3.05, 3.63) is 27.4 Å². The Morgan fingerprint density at radius 2 is 2.18 bits per heavy atom. The lowest BCUT2D eigenvalue weighted by Gasteiger charge is -2.11. The highest BCUT2D eigenvalue weighted by molar-refractivity contribution is 6.29. The van der Waals surface area contributed by atoms with E-state index >= 15 is 0 Å². The minimum atomic E-state index is 0.00315. The number of nitrogens with zero attached hydrogens (tertiary/aromatic N) is 2. The van der Waals surface area contributed by atoms with Crippen molar-refractivity contribution < 1.29 is 0 Å². The molecule has 0 N–H and O–H groups in total. The average molecular weight is 255 g/mol. The highest BCUT2D eigenvalue weighted by Crippen LogP contribution is 2.38. The standard InChI is InChI=1S/C13H19ClN2O/c1-2-3-4-5-8-16-12(17)9-11(14)15-13(16)10-6-7-10/h9-10H,2-8H2,1H3. The fraction of sp³-hybridized carbons (Fsp3) is 0.692. The van der Waals surface area contributed by atoms with E-state index in [9.17, 15) is 4.79 Å². The van der Waals surface area contributed by atoms with E-state index in [4.69, 9.17) is 11.6 Å². The summed E-state index contributed by atoms with van der Waals surface area (Å²) < 4.78 is 1.82. The van der Waals surface area contributed by atoms with E-state index in [0.717, 1.165) is 31.6 Å². The maximum absolute atomic E-state index is 11.9. The van der Waals surface area contributed by atoms with E-state index in [1.54, 1.807) is 0 Å². The van der Waals surface area contributed by atoms with Crippen LogP contribution in [-0.4, -0.2) is 9.55 Å². The van der Waals surface area contributed by atoms with Crippen LogP contribution in [-0.2, 0) is 6.54 Å². The Hall–Kier alpha value is -0.830. The largest absolute Gasteiger partial charge is 0.296 e. The smallest absolute Gasteiger partial charge is 0.254 e. The molecule has 0 bridgehead atoms. The molecule has 1 fully saturated rings. The summed E-state index contributed by atoms with van der Waals surface area (Å²) in [7, 11) is 0. The third-order valence-corrected chi connectivity index (χ3v) is 3.38. The summed E-state index contributed by atoms with van der Waals surface area (Å²) in [4.78, 5) is 16.2. The molecule has 1 aliphatic carbocycles. The van der Waals surface area contributed by atoms with Crippen molar-refractivity contribution in [1.82, 2.24) is 9.55 Å². The normalized spacial score (nSPS) is 15.2. The van der Waals surface area contributed by atoms with Crippen molar-refractivity contribution in [3.8, 4) is 0 Å². The molecule has 2 rings (SSSR count). The van der Waals surface area contributed by atoms with Gasteiger partial charge in [0.2, 0.25) is 0 Å². The Balaban J connectivity index is 2.11. The number of unbranched alkanes of at least 4 members (excludes halogenated alkanes) is 3. The van der Waals surface area contributed by atoms with E-state index < -0.39 is 0 Å². The molecule has 0 radical (unpaired) electrons. The molecular formula is C13H19ClN2O. The molecule has 0 amide bonds. The topological polar surface area (TPSA) is 34.9 Å². The molecule has 0 aromatic carbocycles. The second kappa shape index (κ2) is 5.67. The van der Waals surface area contributed by atoms with Gasteiger partial charge in [0.15, 0.2) is 0 Å². The quantitative estimate of drug-likeness (QED) is 0.576. The van der Waals surface area contributed by atoms with Crippen LogP contribution in [0.4, 0.5) is 0 Å². The fourth-order valence-corrected chi connectivity index (χ4v) is 2.25. The van der Waals surface area contributed by atoms with Crippen molar-refractivity contribution in [3.63, 3.8) is 0 Å². The Kier molecular flexibility index (Phi) is 4.21. The Morgan fingerprint density at radius 1 is 1.41 bits per heavy atom. The zero-order chi connectivity index (χ0) is 12.3. The van der Waals surface area contributed by atoms with Crippen LogP contribution >= 0.6 is 11.6 Å². The lowest BCUT2D eigenvalue weighted by atomic mass is 10.2. The van der Waals surface area contributed by atoms with Crippen LogP contribution in [0.25, 0.3) is 0 Å². The van der Waals surface area contributed by atoms with Crippen LogP contribution in [0.3, 0.4) is 0 Å². The molecule has 17 heavy (non-hydrogen) atoms. The predicted octanol–water partition coefficient (Wildman–Crippen LogP) is 3.35. The van der Waals surface area contributed by atoms with E-state index in [0.29, 0.717) is 11.1 Å². The first-order chi connectivity index (χ1) is 8.22. The van der Waals surface area contributed by atoms with Crippen LogP contribution in [0.5, 0.6) is 0 Å². The SMILES string of the molecule is CCCCCCn1c(C2CC2)nc(Cl)cc1=O. The average Bonchev–Trinajstić information content (AvgIpc) is 3.09. The molecule has 94 valence electrons. The maximum Gasteiger partial charge on any atom is 0.254 e. The summed E-state index contributed by atoms with van der Waals surface area (Å²) in [5, 5.41) is 0.335. The molecule has 0 unspecified atom stereocenters.